The van der Waals surface area contributed by atoms with Crippen molar-refractivity contribution in [2.24, 2.45) is 0 Å². The van der Waals surface area contributed by atoms with Crippen molar-refractivity contribution in [1.82, 2.24) is 10.2 Å². The van der Waals surface area contributed by atoms with Gasteiger partial charge >= 0.3 is 0 Å². The van der Waals surface area contributed by atoms with E-state index in [2.05, 4.69) is 16.1 Å². The Labute approximate surface area is 145 Å². The van der Waals surface area contributed by atoms with Gasteiger partial charge in [0.05, 0.1) is 5.02 Å². The van der Waals surface area contributed by atoms with Crippen LogP contribution in [0.4, 0.5) is 0 Å². The second-order valence-electron chi connectivity index (χ2n) is 5.78. The molecule has 0 saturated carbocycles. The Morgan fingerprint density at radius 3 is 2.83 bits per heavy atom. The highest BCUT2D eigenvalue weighted by molar-refractivity contribution is 7.21. The van der Waals surface area contributed by atoms with Gasteiger partial charge in [-0.1, -0.05) is 29.8 Å². The minimum atomic E-state index is -0.0572. The Morgan fingerprint density at radius 2 is 2.13 bits per heavy atom. The van der Waals surface area contributed by atoms with E-state index in [1.54, 1.807) is 0 Å². The molecular weight excluding hydrogens is 328 g/mol. The first kappa shape index (κ1) is 16.3. The molecule has 0 bridgehead atoms. The average Bonchev–Trinajstić information content (AvgIpc) is 2.92. The Bertz CT molecular complexity index is 741. The number of hydrogen-bond acceptors (Lipinski definition) is 3. The lowest BCUT2D eigenvalue weighted by molar-refractivity contribution is 0.0916. The van der Waals surface area contributed by atoms with Gasteiger partial charge in [0.1, 0.15) is 4.88 Å². The maximum absolute atomic E-state index is 12.5. The Kier molecular flexibility index (Phi) is 5.22. The smallest absolute Gasteiger partial charge is 0.263 e. The molecule has 1 aromatic carbocycles. The highest BCUT2D eigenvalue weighted by atomic mass is 35.5. The minimum absolute atomic E-state index is 0.0572. The summed E-state index contributed by atoms with van der Waals surface area (Å²) in [5.41, 5.74) is 0. The third-order valence-corrected chi connectivity index (χ3v) is 5.91. The molecule has 1 saturated heterocycles. The van der Waals surface area contributed by atoms with Crippen molar-refractivity contribution < 1.29 is 4.79 Å². The van der Waals surface area contributed by atoms with Gasteiger partial charge in [-0.3, -0.25) is 4.79 Å². The molecule has 3 rings (SSSR count). The molecule has 5 heteroatoms. The standard InChI is InChI=1S/C18H19ClN2OS/c1-2-3-10-21-11-8-13(9-12-21)20-18(22)17-16(19)14-6-4-5-7-15(14)23-17/h1,4-7,13H,3,8-12H2,(H,20,22). The molecule has 120 valence electrons. The Morgan fingerprint density at radius 1 is 1.39 bits per heavy atom. The SMILES string of the molecule is C#CCCN1CCC(NC(=O)c2sc3ccccc3c2Cl)CC1. The number of likely N-dealkylation sites (tertiary alicyclic amines) is 1. The van der Waals surface area contributed by atoms with Crippen LogP contribution in [0.5, 0.6) is 0 Å². The van der Waals surface area contributed by atoms with Crippen LogP contribution in [0.25, 0.3) is 10.1 Å². The molecule has 0 radical (unpaired) electrons. The number of nitrogens with zero attached hydrogens (tertiary/aromatic N) is 1. The molecule has 1 fully saturated rings. The molecule has 1 aliphatic rings. The zero-order chi connectivity index (χ0) is 16.2. The van der Waals surface area contributed by atoms with Crippen molar-refractivity contribution in [2.75, 3.05) is 19.6 Å². The van der Waals surface area contributed by atoms with E-state index in [1.807, 2.05) is 24.3 Å². The molecule has 0 spiro atoms. The number of benzene rings is 1. The third-order valence-electron chi connectivity index (χ3n) is 4.24. The number of carbonyl (C=O) groups excluding carboxylic acids is 1. The quantitative estimate of drug-likeness (QED) is 0.855. The Balaban J connectivity index is 1.61. The minimum Gasteiger partial charge on any atom is -0.348 e. The zero-order valence-corrected chi connectivity index (χ0v) is 14.4. The first-order chi connectivity index (χ1) is 11.2. The largest absolute Gasteiger partial charge is 0.348 e. The summed E-state index contributed by atoms with van der Waals surface area (Å²) in [6.45, 7) is 2.90. The lowest BCUT2D eigenvalue weighted by Crippen LogP contribution is -2.44. The molecule has 2 heterocycles. The van der Waals surface area contributed by atoms with E-state index in [4.69, 9.17) is 18.0 Å². The van der Waals surface area contributed by atoms with Crippen LogP contribution in [0.15, 0.2) is 24.3 Å². The van der Waals surface area contributed by atoms with E-state index in [9.17, 15) is 4.79 Å². The summed E-state index contributed by atoms with van der Waals surface area (Å²) < 4.78 is 1.05. The maximum Gasteiger partial charge on any atom is 0.263 e. The van der Waals surface area contributed by atoms with Gasteiger partial charge < -0.3 is 10.2 Å². The van der Waals surface area contributed by atoms with Gasteiger partial charge in [0.15, 0.2) is 0 Å². The van der Waals surface area contributed by atoms with Crippen LogP contribution in [-0.2, 0) is 0 Å². The van der Waals surface area contributed by atoms with E-state index in [-0.39, 0.29) is 11.9 Å². The summed E-state index contributed by atoms with van der Waals surface area (Å²) in [5.74, 6) is 2.62. The molecule has 1 N–H and O–H groups in total. The van der Waals surface area contributed by atoms with Crippen LogP contribution in [0, 0.1) is 12.3 Å². The molecular formula is C18H19ClN2OS. The van der Waals surface area contributed by atoms with Gasteiger partial charge in [0.25, 0.3) is 5.91 Å². The van der Waals surface area contributed by atoms with Gasteiger partial charge in [-0.15, -0.1) is 23.7 Å². The normalized spacial score (nSPS) is 16.3. The van der Waals surface area contributed by atoms with E-state index in [0.717, 1.165) is 49.0 Å². The van der Waals surface area contributed by atoms with Gasteiger partial charge in [0, 0.05) is 42.2 Å². The number of fused-ring (bicyclic) bond motifs is 1. The summed E-state index contributed by atoms with van der Waals surface area (Å²) in [6, 6.07) is 8.06. The fourth-order valence-corrected chi connectivity index (χ4v) is 4.35. The number of hydrogen-bond donors (Lipinski definition) is 1. The van der Waals surface area contributed by atoms with Crippen LogP contribution >= 0.6 is 22.9 Å². The van der Waals surface area contributed by atoms with Crippen LogP contribution in [-0.4, -0.2) is 36.5 Å². The van der Waals surface area contributed by atoms with Crippen molar-refractivity contribution in [2.45, 2.75) is 25.3 Å². The summed E-state index contributed by atoms with van der Waals surface area (Å²) in [7, 11) is 0. The summed E-state index contributed by atoms with van der Waals surface area (Å²) in [5, 5.41) is 4.65. The molecule has 0 atom stereocenters. The number of carbonyl (C=O) groups is 1. The molecule has 2 aromatic rings. The second kappa shape index (κ2) is 7.35. The maximum atomic E-state index is 12.5. The van der Waals surface area contributed by atoms with Crippen LogP contribution in [0.3, 0.4) is 0 Å². The van der Waals surface area contributed by atoms with E-state index >= 15 is 0 Å². The topological polar surface area (TPSA) is 32.3 Å². The van der Waals surface area contributed by atoms with Gasteiger partial charge in [0.2, 0.25) is 0 Å². The molecule has 0 aliphatic carbocycles. The highest BCUT2D eigenvalue weighted by Gasteiger charge is 2.23. The predicted molar refractivity (Wildman–Crippen MR) is 97.2 cm³/mol. The second-order valence-corrected chi connectivity index (χ2v) is 7.21. The van der Waals surface area contributed by atoms with Crippen molar-refractivity contribution in [3.8, 4) is 12.3 Å². The van der Waals surface area contributed by atoms with Crippen LogP contribution in [0.1, 0.15) is 28.9 Å². The van der Waals surface area contributed by atoms with Crippen molar-refractivity contribution in [1.29, 1.82) is 0 Å². The number of thiophene rings is 1. The first-order valence-electron chi connectivity index (χ1n) is 7.82. The summed E-state index contributed by atoms with van der Waals surface area (Å²) >= 11 is 7.83. The van der Waals surface area contributed by atoms with Crippen molar-refractivity contribution >= 4 is 38.9 Å². The fraction of sp³-hybridized carbons (Fsp3) is 0.389. The number of amides is 1. The molecule has 23 heavy (non-hydrogen) atoms. The van der Waals surface area contributed by atoms with Gasteiger partial charge in [-0.25, -0.2) is 0 Å². The highest BCUT2D eigenvalue weighted by Crippen LogP contribution is 2.35. The number of nitrogens with one attached hydrogen (secondary N) is 1. The lowest BCUT2D eigenvalue weighted by Gasteiger charge is -2.31. The first-order valence-corrected chi connectivity index (χ1v) is 9.02. The fourth-order valence-electron chi connectivity index (χ4n) is 2.93. The van der Waals surface area contributed by atoms with Crippen molar-refractivity contribution in [3.63, 3.8) is 0 Å². The number of terminal acetylenes is 1. The Hall–Kier alpha value is -1.54. The average molecular weight is 347 g/mol. The van der Waals surface area contributed by atoms with Crippen molar-refractivity contribution in [3.05, 3.63) is 34.2 Å². The summed E-state index contributed by atoms with van der Waals surface area (Å²) in [4.78, 5) is 15.5. The van der Waals surface area contributed by atoms with E-state index in [0.29, 0.717) is 9.90 Å². The monoisotopic (exact) mass is 346 g/mol. The molecule has 0 unspecified atom stereocenters. The number of rotatable bonds is 4. The molecule has 3 nitrogen and oxygen atoms in total. The molecule has 1 amide bonds. The number of piperidine rings is 1. The number of halogens is 1. The van der Waals surface area contributed by atoms with E-state index in [1.165, 1.54) is 11.3 Å². The summed E-state index contributed by atoms with van der Waals surface area (Å²) in [6.07, 6.45) is 8.00. The molecule has 1 aliphatic heterocycles. The van der Waals surface area contributed by atoms with Gasteiger partial charge in [-0.05, 0) is 18.9 Å². The lowest BCUT2D eigenvalue weighted by atomic mass is 10.0. The van der Waals surface area contributed by atoms with Gasteiger partial charge in [-0.2, -0.15) is 0 Å². The van der Waals surface area contributed by atoms with Crippen LogP contribution in [0.2, 0.25) is 5.02 Å². The molecule has 1 aromatic heterocycles. The zero-order valence-electron chi connectivity index (χ0n) is 12.8. The third kappa shape index (κ3) is 3.69. The van der Waals surface area contributed by atoms with Crippen LogP contribution < -0.4 is 5.32 Å². The predicted octanol–water partition coefficient (Wildman–Crippen LogP) is 3.77. The van der Waals surface area contributed by atoms with E-state index < -0.39 is 0 Å².